The largest absolute Gasteiger partial charge is 0.467 e. The smallest absolute Gasteiger partial charge is 0.327 e. The van der Waals surface area contributed by atoms with Gasteiger partial charge in [-0.15, -0.1) is 11.8 Å². The van der Waals surface area contributed by atoms with Gasteiger partial charge in [-0.1, -0.05) is 18.2 Å². The van der Waals surface area contributed by atoms with Crippen LogP contribution in [0, 0.1) is 0 Å². The van der Waals surface area contributed by atoms with E-state index in [-0.39, 0.29) is 12.3 Å². The molecule has 3 N–H and O–H groups in total. The number of hydrazine groups is 1. The third-order valence-corrected chi connectivity index (χ3v) is 3.65. The Kier molecular flexibility index (Phi) is 6.25. The summed E-state index contributed by atoms with van der Waals surface area (Å²) in [6, 6.07) is 12.7. The highest BCUT2D eigenvalue weighted by Crippen LogP contribution is 2.15. The molecule has 120 valence electrons. The van der Waals surface area contributed by atoms with Gasteiger partial charge in [0.15, 0.2) is 0 Å². The Balaban J connectivity index is 1.64. The summed E-state index contributed by atoms with van der Waals surface area (Å²) >= 11 is 1.32. The maximum Gasteiger partial charge on any atom is 0.327 e. The molecule has 0 spiro atoms. The van der Waals surface area contributed by atoms with Crippen molar-refractivity contribution in [2.75, 3.05) is 5.75 Å². The van der Waals surface area contributed by atoms with Gasteiger partial charge in [-0.2, -0.15) is 0 Å². The number of nitrogens with one attached hydrogen (secondary N) is 3. The third kappa shape index (κ3) is 5.87. The highest BCUT2D eigenvalue weighted by atomic mass is 32.2. The van der Waals surface area contributed by atoms with Gasteiger partial charge in [0, 0.05) is 4.90 Å². The number of carbonyl (C=O) groups excluding carboxylic acids is 3. The van der Waals surface area contributed by atoms with Gasteiger partial charge in [0.2, 0.25) is 5.91 Å². The van der Waals surface area contributed by atoms with E-state index in [2.05, 4.69) is 16.2 Å². The number of benzene rings is 1. The molecule has 1 aromatic heterocycles. The van der Waals surface area contributed by atoms with Crippen LogP contribution in [0.15, 0.2) is 58.0 Å². The van der Waals surface area contributed by atoms with E-state index in [0.29, 0.717) is 5.76 Å². The van der Waals surface area contributed by atoms with E-state index in [1.165, 1.54) is 18.0 Å². The van der Waals surface area contributed by atoms with E-state index < -0.39 is 17.7 Å². The van der Waals surface area contributed by atoms with Crippen LogP contribution in [0.4, 0.5) is 0 Å². The van der Waals surface area contributed by atoms with Crippen LogP contribution >= 0.6 is 11.8 Å². The monoisotopic (exact) mass is 333 g/mol. The molecule has 0 bridgehead atoms. The van der Waals surface area contributed by atoms with Crippen molar-refractivity contribution in [3.63, 3.8) is 0 Å². The summed E-state index contributed by atoms with van der Waals surface area (Å²) < 4.78 is 5.02. The zero-order valence-corrected chi connectivity index (χ0v) is 12.9. The van der Waals surface area contributed by atoms with Gasteiger partial charge in [0.05, 0.1) is 18.6 Å². The SMILES string of the molecule is O=C(CSc1ccccc1)NNC(=O)C(=O)NCc1ccco1. The second-order valence-electron chi connectivity index (χ2n) is 4.37. The molecule has 8 heteroatoms. The molecule has 23 heavy (non-hydrogen) atoms. The van der Waals surface area contributed by atoms with E-state index >= 15 is 0 Å². The highest BCUT2D eigenvalue weighted by Gasteiger charge is 2.14. The average molecular weight is 333 g/mol. The highest BCUT2D eigenvalue weighted by molar-refractivity contribution is 8.00. The number of thioether (sulfide) groups is 1. The van der Waals surface area contributed by atoms with Crippen LogP contribution in [-0.4, -0.2) is 23.5 Å². The van der Waals surface area contributed by atoms with Crippen molar-refractivity contribution in [3.05, 3.63) is 54.5 Å². The Morgan fingerprint density at radius 2 is 1.74 bits per heavy atom. The van der Waals surface area contributed by atoms with Gasteiger partial charge in [0.25, 0.3) is 0 Å². The molecule has 0 unspecified atom stereocenters. The predicted octanol–water partition coefficient (Wildman–Crippen LogP) is 0.835. The third-order valence-electron chi connectivity index (χ3n) is 2.64. The normalized spacial score (nSPS) is 9.91. The molecule has 0 aliphatic heterocycles. The lowest BCUT2D eigenvalue weighted by atomic mass is 10.4. The van der Waals surface area contributed by atoms with Crippen molar-refractivity contribution in [2.45, 2.75) is 11.4 Å². The first-order valence-corrected chi connectivity index (χ1v) is 7.71. The lowest BCUT2D eigenvalue weighted by Gasteiger charge is -2.07. The van der Waals surface area contributed by atoms with Gasteiger partial charge >= 0.3 is 11.8 Å². The second kappa shape index (κ2) is 8.64. The number of hydrogen-bond donors (Lipinski definition) is 3. The fourth-order valence-corrected chi connectivity index (χ4v) is 2.27. The molecule has 0 saturated carbocycles. The second-order valence-corrected chi connectivity index (χ2v) is 5.41. The van der Waals surface area contributed by atoms with E-state index in [9.17, 15) is 14.4 Å². The maximum absolute atomic E-state index is 11.6. The fourth-order valence-electron chi connectivity index (χ4n) is 1.55. The van der Waals surface area contributed by atoms with Crippen molar-refractivity contribution in [3.8, 4) is 0 Å². The number of rotatable bonds is 5. The molecule has 0 aliphatic carbocycles. The lowest BCUT2D eigenvalue weighted by molar-refractivity contribution is -0.140. The Morgan fingerprint density at radius 1 is 0.957 bits per heavy atom. The summed E-state index contributed by atoms with van der Waals surface area (Å²) in [5.74, 6) is -1.58. The van der Waals surface area contributed by atoms with Gasteiger partial charge in [0.1, 0.15) is 5.76 Å². The molecule has 0 fully saturated rings. The minimum Gasteiger partial charge on any atom is -0.467 e. The molecule has 1 heterocycles. The molecule has 3 amide bonds. The summed E-state index contributed by atoms with van der Waals surface area (Å²) in [6.07, 6.45) is 1.46. The number of hydrogen-bond acceptors (Lipinski definition) is 5. The van der Waals surface area contributed by atoms with Crippen molar-refractivity contribution >= 4 is 29.5 Å². The Labute approximate surface area is 136 Å². The summed E-state index contributed by atoms with van der Waals surface area (Å²) in [5.41, 5.74) is 4.24. The van der Waals surface area contributed by atoms with Crippen LogP contribution < -0.4 is 16.2 Å². The summed E-state index contributed by atoms with van der Waals surface area (Å²) in [6.45, 7) is 0.0943. The van der Waals surface area contributed by atoms with E-state index in [4.69, 9.17) is 4.42 Å². The quantitative estimate of drug-likeness (QED) is 0.428. The molecule has 7 nitrogen and oxygen atoms in total. The molecule has 0 aliphatic rings. The molecular weight excluding hydrogens is 318 g/mol. The Hall–Kier alpha value is -2.74. The van der Waals surface area contributed by atoms with Gasteiger partial charge < -0.3 is 9.73 Å². The zero-order valence-electron chi connectivity index (χ0n) is 12.1. The molecule has 1 aromatic carbocycles. The van der Waals surface area contributed by atoms with Crippen LogP contribution in [-0.2, 0) is 20.9 Å². The van der Waals surface area contributed by atoms with Crippen LogP contribution in [0.1, 0.15) is 5.76 Å². The minimum atomic E-state index is -0.949. The molecule has 0 saturated heterocycles. The standard InChI is InChI=1S/C15H15N3O4S/c19-13(10-23-12-6-2-1-3-7-12)17-18-15(21)14(20)16-9-11-5-4-8-22-11/h1-8H,9-10H2,(H,16,20)(H,17,19)(H,18,21). The zero-order chi connectivity index (χ0) is 16.5. The number of amides is 3. The molecular formula is C15H15N3O4S. The van der Waals surface area contributed by atoms with E-state index in [1.54, 1.807) is 12.1 Å². The number of furan rings is 1. The first-order chi connectivity index (χ1) is 11.1. The first-order valence-electron chi connectivity index (χ1n) is 6.72. The topological polar surface area (TPSA) is 100 Å². The van der Waals surface area contributed by atoms with Crippen molar-refractivity contribution in [1.29, 1.82) is 0 Å². The van der Waals surface area contributed by atoms with Gasteiger partial charge in [-0.05, 0) is 24.3 Å². The first kappa shape index (κ1) is 16.6. The molecule has 2 rings (SSSR count). The summed E-state index contributed by atoms with van der Waals surface area (Å²) in [5, 5.41) is 2.37. The predicted molar refractivity (Wildman–Crippen MR) is 84.0 cm³/mol. The fraction of sp³-hybridized carbons (Fsp3) is 0.133. The van der Waals surface area contributed by atoms with Gasteiger partial charge in [-0.25, -0.2) is 0 Å². The van der Waals surface area contributed by atoms with Crippen molar-refractivity contribution in [2.24, 2.45) is 0 Å². The maximum atomic E-state index is 11.6. The summed E-state index contributed by atoms with van der Waals surface area (Å²) in [7, 11) is 0. The molecule has 0 radical (unpaired) electrons. The number of carbonyl (C=O) groups is 3. The van der Waals surface area contributed by atoms with Gasteiger partial charge in [-0.3, -0.25) is 25.2 Å². The lowest BCUT2D eigenvalue weighted by Crippen LogP contribution is -2.48. The minimum absolute atomic E-state index is 0.0943. The Bertz CT molecular complexity index is 659. The van der Waals surface area contributed by atoms with E-state index in [0.717, 1.165) is 4.90 Å². The Morgan fingerprint density at radius 3 is 2.43 bits per heavy atom. The van der Waals surface area contributed by atoms with E-state index in [1.807, 2.05) is 30.3 Å². The molecule has 0 atom stereocenters. The van der Waals surface area contributed by atoms with Crippen LogP contribution in [0.5, 0.6) is 0 Å². The summed E-state index contributed by atoms with van der Waals surface area (Å²) in [4.78, 5) is 35.5. The average Bonchev–Trinajstić information content (AvgIpc) is 3.10. The van der Waals surface area contributed by atoms with Crippen molar-refractivity contribution < 1.29 is 18.8 Å². The van der Waals surface area contributed by atoms with Crippen LogP contribution in [0.2, 0.25) is 0 Å². The van der Waals surface area contributed by atoms with Crippen LogP contribution in [0.25, 0.3) is 0 Å². The molecule has 2 aromatic rings. The van der Waals surface area contributed by atoms with Crippen molar-refractivity contribution in [1.82, 2.24) is 16.2 Å². The van der Waals surface area contributed by atoms with Crippen LogP contribution in [0.3, 0.4) is 0 Å².